The van der Waals surface area contributed by atoms with Gasteiger partial charge in [0.25, 0.3) is 5.69 Å². The van der Waals surface area contributed by atoms with Crippen LogP contribution in [0.4, 0.5) is 11.4 Å². The summed E-state index contributed by atoms with van der Waals surface area (Å²) in [5, 5.41) is 20.2. The lowest BCUT2D eigenvalue weighted by molar-refractivity contribution is -0.384. The fourth-order valence-electron chi connectivity index (χ4n) is 1.83. The number of nitro benzene ring substituents is 1. The predicted molar refractivity (Wildman–Crippen MR) is 79.9 cm³/mol. The van der Waals surface area contributed by atoms with E-state index in [1.54, 1.807) is 23.9 Å². The highest BCUT2D eigenvalue weighted by molar-refractivity contribution is 7.98. The Bertz CT molecular complexity index is 440. The topological polar surface area (TPSA) is 66.6 Å². The molecule has 1 atom stereocenters. The Morgan fingerprint density at radius 2 is 2.21 bits per heavy atom. The summed E-state index contributed by atoms with van der Waals surface area (Å²) in [7, 11) is 1.87. The van der Waals surface area contributed by atoms with Crippen molar-refractivity contribution in [1.82, 2.24) is 0 Å². The van der Waals surface area contributed by atoms with Crippen molar-refractivity contribution in [2.24, 2.45) is 0 Å². The normalized spacial score (nSPS) is 12.2. The minimum atomic E-state index is -0.397. The van der Waals surface area contributed by atoms with Crippen molar-refractivity contribution in [3.63, 3.8) is 0 Å². The number of nitro groups is 1. The Labute approximate surface area is 117 Å². The van der Waals surface area contributed by atoms with Gasteiger partial charge in [-0.1, -0.05) is 6.07 Å². The Hall–Kier alpha value is -1.27. The molecular formula is C13H20N2O3S. The molecule has 6 heteroatoms. The summed E-state index contributed by atoms with van der Waals surface area (Å²) >= 11 is 1.77. The molecule has 0 spiro atoms. The second-order valence-electron chi connectivity index (χ2n) is 4.48. The van der Waals surface area contributed by atoms with Crippen LogP contribution in [-0.2, 0) is 6.61 Å². The molecule has 0 radical (unpaired) electrons. The lowest BCUT2D eigenvalue weighted by Crippen LogP contribution is -2.29. The van der Waals surface area contributed by atoms with Crippen molar-refractivity contribution in [3.8, 4) is 0 Å². The summed E-state index contributed by atoms with van der Waals surface area (Å²) < 4.78 is 0. The molecule has 0 aliphatic carbocycles. The fraction of sp³-hybridized carbons (Fsp3) is 0.538. The maximum atomic E-state index is 11.1. The van der Waals surface area contributed by atoms with E-state index in [1.807, 2.05) is 18.2 Å². The minimum Gasteiger partial charge on any atom is -0.392 e. The Kier molecular flexibility index (Phi) is 6.11. The molecule has 0 aliphatic rings. The molecule has 1 aromatic rings. The molecule has 0 amide bonds. The van der Waals surface area contributed by atoms with Crippen LogP contribution >= 0.6 is 11.8 Å². The standard InChI is InChI=1S/C13H20N2O3S/c1-10(6-7-19-3)14(2)12-5-4-11(9-16)8-13(12)15(17)18/h4-5,8,10,16H,6-7,9H2,1-3H3. The Balaban J connectivity index is 3.01. The molecule has 1 unspecified atom stereocenters. The van der Waals surface area contributed by atoms with Crippen LogP contribution < -0.4 is 4.90 Å². The molecule has 0 saturated heterocycles. The number of rotatable bonds is 7. The van der Waals surface area contributed by atoms with Gasteiger partial charge in [-0.05, 0) is 37.0 Å². The van der Waals surface area contributed by atoms with E-state index < -0.39 is 4.92 Å². The highest BCUT2D eigenvalue weighted by atomic mass is 32.2. The van der Waals surface area contributed by atoms with E-state index in [9.17, 15) is 10.1 Å². The van der Waals surface area contributed by atoms with Gasteiger partial charge in [-0.2, -0.15) is 11.8 Å². The average Bonchev–Trinajstić information content (AvgIpc) is 2.43. The first kappa shape index (κ1) is 15.8. The second kappa shape index (κ2) is 7.35. The van der Waals surface area contributed by atoms with Gasteiger partial charge in [-0.15, -0.1) is 0 Å². The molecule has 5 nitrogen and oxygen atoms in total. The van der Waals surface area contributed by atoms with Gasteiger partial charge in [-0.3, -0.25) is 10.1 Å². The second-order valence-corrected chi connectivity index (χ2v) is 5.47. The third-order valence-corrected chi connectivity index (χ3v) is 3.84. The first-order chi connectivity index (χ1) is 9.01. The first-order valence-electron chi connectivity index (χ1n) is 6.11. The van der Waals surface area contributed by atoms with E-state index in [0.29, 0.717) is 11.3 Å². The van der Waals surface area contributed by atoms with E-state index in [0.717, 1.165) is 12.2 Å². The number of hydrogen-bond acceptors (Lipinski definition) is 5. The highest BCUT2D eigenvalue weighted by Gasteiger charge is 2.20. The van der Waals surface area contributed by atoms with Gasteiger partial charge in [0, 0.05) is 19.2 Å². The summed E-state index contributed by atoms with van der Waals surface area (Å²) in [6, 6.07) is 5.10. The SMILES string of the molecule is CSCCC(C)N(C)c1ccc(CO)cc1[N+](=O)[O-]. The van der Waals surface area contributed by atoms with Crippen molar-refractivity contribution >= 4 is 23.1 Å². The summed E-state index contributed by atoms with van der Waals surface area (Å²) in [5.74, 6) is 1.02. The number of thioether (sulfide) groups is 1. The van der Waals surface area contributed by atoms with Gasteiger partial charge >= 0.3 is 0 Å². The van der Waals surface area contributed by atoms with Gasteiger partial charge < -0.3 is 10.0 Å². The lowest BCUT2D eigenvalue weighted by Gasteiger charge is -2.26. The van der Waals surface area contributed by atoms with E-state index in [1.165, 1.54) is 6.07 Å². The number of benzene rings is 1. The molecule has 0 aromatic heterocycles. The number of hydrogen-bond donors (Lipinski definition) is 1. The third kappa shape index (κ3) is 4.11. The van der Waals surface area contributed by atoms with Crippen molar-refractivity contribution in [2.45, 2.75) is 26.0 Å². The average molecular weight is 284 g/mol. The molecule has 0 fully saturated rings. The summed E-state index contributed by atoms with van der Waals surface area (Å²) in [5.41, 5.74) is 1.20. The Morgan fingerprint density at radius 3 is 2.74 bits per heavy atom. The maximum absolute atomic E-state index is 11.1. The van der Waals surface area contributed by atoms with E-state index >= 15 is 0 Å². The number of aliphatic hydroxyl groups is 1. The number of aliphatic hydroxyl groups excluding tert-OH is 1. The van der Waals surface area contributed by atoms with Crippen LogP contribution in [0.15, 0.2) is 18.2 Å². The van der Waals surface area contributed by atoms with Gasteiger partial charge in [0.2, 0.25) is 0 Å². The summed E-state index contributed by atoms with van der Waals surface area (Å²) in [6.45, 7) is 1.87. The molecule has 1 aromatic carbocycles. The van der Waals surface area contributed by atoms with Gasteiger partial charge in [0.15, 0.2) is 0 Å². The highest BCUT2D eigenvalue weighted by Crippen LogP contribution is 2.30. The summed E-state index contributed by atoms with van der Waals surface area (Å²) in [6.07, 6.45) is 3.02. The van der Waals surface area contributed by atoms with Crippen molar-refractivity contribution in [3.05, 3.63) is 33.9 Å². The molecule has 0 aliphatic heterocycles. The van der Waals surface area contributed by atoms with Crippen molar-refractivity contribution < 1.29 is 10.0 Å². The molecule has 1 rings (SSSR count). The third-order valence-electron chi connectivity index (χ3n) is 3.20. The monoisotopic (exact) mass is 284 g/mol. The minimum absolute atomic E-state index is 0.0463. The largest absolute Gasteiger partial charge is 0.392 e. The fourth-order valence-corrected chi connectivity index (χ4v) is 2.41. The van der Waals surface area contributed by atoms with Gasteiger partial charge in [0.05, 0.1) is 11.5 Å². The first-order valence-corrected chi connectivity index (χ1v) is 7.50. The van der Waals surface area contributed by atoms with Crippen LogP contribution in [0.25, 0.3) is 0 Å². The molecule has 106 valence electrons. The maximum Gasteiger partial charge on any atom is 0.292 e. The van der Waals surface area contributed by atoms with Crippen LogP contribution in [0.3, 0.4) is 0 Å². The molecule has 0 heterocycles. The number of nitrogens with zero attached hydrogens (tertiary/aromatic N) is 2. The molecule has 0 saturated carbocycles. The zero-order valence-electron chi connectivity index (χ0n) is 11.5. The van der Waals surface area contributed by atoms with Gasteiger partial charge in [0.1, 0.15) is 5.69 Å². The molecule has 19 heavy (non-hydrogen) atoms. The zero-order chi connectivity index (χ0) is 14.4. The molecule has 1 N–H and O–H groups in total. The van der Waals surface area contributed by atoms with Crippen LogP contribution in [-0.4, -0.2) is 35.1 Å². The van der Waals surface area contributed by atoms with Crippen LogP contribution in [0.2, 0.25) is 0 Å². The van der Waals surface area contributed by atoms with E-state index in [4.69, 9.17) is 5.11 Å². The van der Waals surface area contributed by atoms with Crippen LogP contribution in [0, 0.1) is 10.1 Å². The van der Waals surface area contributed by atoms with Crippen LogP contribution in [0.5, 0.6) is 0 Å². The van der Waals surface area contributed by atoms with Crippen molar-refractivity contribution in [2.75, 3.05) is 24.0 Å². The van der Waals surface area contributed by atoms with E-state index in [2.05, 4.69) is 6.92 Å². The molecular weight excluding hydrogens is 264 g/mol. The predicted octanol–water partition coefficient (Wildman–Crippen LogP) is 2.66. The Morgan fingerprint density at radius 1 is 1.53 bits per heavy atom. The summed E-state index contributed by atoms with van der Waals surface area (Å²) in [4.78, 5) is 12.7. The zero-order valence-corrected chi connectivity index (χ0v) is 12.3. The smallest absolute Gasteiger partial charge is 0.292 e. The quantitative estimate of drug-likeness (QED) is 0.616. The number of anilines is 1. The van der Waals surface area contributed by atoms with E-state index in [-0.39, 0.29) is 18.3 Å². The van der Waals surface area contributed by atoms with Crippen molar-refractivity contribution in [1.29, 1.82) is 0 Å². The van der Waals surface area contributed by atoms with Crippen LogP contribution in [0.1, 0.15) is 18.9 Å². The lowest BCUT2D eigenvalue weighted by atomic mass is 10.1. The van der Waals surface area contributed by atoms with Gasteiger partial charge in [-0.25, -0.2) is 0 Å². The molecule has 0 bridgehead atoms.